The average molecular weight is 301 g/mol. The monoisotopic (exact) mass is 301 g/mol. The van der Waals surface area contributed by atoms with Crippen molar-refractivity contribution in [1.82, 2.24) is 14.4 Å². The van der Waals surface area contributed by atoms with E-state index in [0.717, 1.165) is 12.1 Å². The third kappa shape index (κ3) is 2.90. The number of hydrogen-bond acceptors (Lipinski definition) is 3. The first-order chi connectivity index (χ1) is 10.6. The average Bonchev–Trinajstić information content (AvgIpc) is 3.11. The molecule has 2 heterocycles. The summed E-state index contributed by atoms with van der Waals surface area (Å²) >= 11 is 0. The Labute approximate surface area is 128 Å². The van der Waals surface area contributed by atoms with E-state index in [9.17, 15) is 9.59 Å². The van der Waals surface area contributed by atoms with Crippen LogP contribution in [0.3, 0.4) is 0 Å². The van der Waals surface area contributed by atoms with Gasteiger partial charge in [0.1, 0.15) is 13.2 Å². The van der Waals surface area contributed by atoms with Crippen molar-refractivity contribution in [3.05, 3.63) is 36.5 Å². The number of para-hydroxylation sites is 1. The number of rotatable bonds is 5. The molecule has 2 amide bonds. The van der Waals surface area contributed by atoms with Gasteiger partial charge in [-0.2, -0.15) is 0 Å². The molecule has 6 heteroatoms. The molecule has 0 unspecified atom stereocenters. The Balaban J connectivity index is 1.56. The van der Waals surface area contributed by atoms with Crippen molar-refractivity contribution in [3.8, 4) is 0 Å². The summed E-state index contributed by atoms with van der Waals surface area (Å²) in [5.41, 5.74) is 1.16. The van der Waals surface area contributed by atoms with Crippen molar-refractivity contribution in [2.75, 3.05) is 33.3 Å². The lowest BCUT2D eigenvalue weighted by molar-refractivity contribution is -0.130. The second kappa shape index (κ2) is 6.09. The molecule has 0 radical (unpaired) electrons. The van der Waals surface area contributed by atoms with Crippen LogP contribution in [0.2, 0.25) is 0 Å². The second-order valence-corrected chi connectivity index (χ2v) is 5.42. The predicted molar refractivity (Wildman–Crippen MR) is 82.5 cm³/mol. The van der Waals surface area contributed by atoms with Gasteiger partial charge in [-0.15, -0.1) is 0 Å². The van der Waals surface area contributed by atoms with Crippen molar-refractivity contribution in [3.63, 3.8) is 0 Å². The summed E-state index contributed by atoms with van der Waals surface area (Å²) in [6, 6.07) is 10.2. The number of amides is 2. The number of carbonyl (C=O) groups is 2. The van der Waals surface area contributed by atoms with E-state index in [2.05, 4.69) is 22.8 Å². The van der Waals surface area contributed by atoms with Crippen LogP contribution in [0.15, 0.2) is 36.5 Å². The normalized spacial score (nSPS) is 14.4. The maximum Gasteiger partial charge on any atom is 0.410 e. The largest absolute Gasteiger partial charge is 0.448 e. The number of cyclic esters (lactones) is 1. The Bertz CT molecular complexity index is 695. The van der Waals surface area contributed by atoms with E-state index in [1.807, 2.05) is 18.3 Å². The van der Waals surface area contributed by atoms with Crippen LogP contribution in [0, 0.1) is 0 Å². The Hall–Kier alpha value is -2.50. The zero-order valence-electron chi connectivity index (χ0n) is 12.6. The quantitative estimate of drug-likeness (QED) is 0.842. The van der Waals surface area contributed by atoms with Crippen molar-refractivity contribution >= 4 is 22.9 Å². The first kappa shape index (κ1) is 14.4. The Morgan fingerprint density at radius 2 is 2.14 bits per heavy atom. The van der Waals surface area contributed by atoms with Gasteiger partial charge in [0, 0.05) is 31.9 Å². The standard InChI is InChI=1S/C16H19N3O3/c1-17(15(20)12-19-10-11-22-16(19)21)8-9-18-7-6-13-4-2-3-5-14(13)18/h2-7H,8-12H2,1H3. The molecule has 3 rings (SSSR count). The highest BCUT2D eigenvalue weighted by Gasteiger charge is 2.25. The molecule has 1 saturated heterocycles. The van der Waals surface area contributed by atoms with Gasteiger partial charge < -0.3 is 14.2 Å². The molecule has 0 bridgehead atoms. The molecule has 2 aromatic rings. The summed E-state index contributed by atoms with van der Waals surface area (Å²) in [6.07, 6.45) is 1.62. The van der Waals surface area contributed by atoms with Gasteiger partial charge in [0.15, 0.2) is 0 Å². The fraction of sp³-hybridized carbons (Fsp3) is 0.375. The van der Waals surface area contributed by atoms with E-state index >= 15 is 0 Å². The zero-order valence-corrected chi connectivity index (χ0v) is 12.6. The fourth-order valence-electron chi connectivity index (χ4n) is 2.57. The first-order valence-corrected chi connectivity index (χ1v) is 7.35. The number of benzene rings is 1. The topological polar surface area (TPSA) is 54.8 Å². The number of ether oxygens (including phenoxy) is 1. The molecule has 116 valence electrons. The molecule has 1 aliphatic heterocycles. The highest BCUT2D eigenvalue weighted by Crippen LogP contribution is 2.14. The molecule has 22 heavy (non-hydrogen) atoms. The smallest absolute Gasteiger partial charge is 0.410 e. The minimum Gasteiger partial charge on any atom is -0.448 e. The summed E-state index contributed by atoms with van der Waals surface area (Å²) < 4.78 is 6.95. The minimum absolute atomic E-state index is 0.0738. The van der Waals surface area contributed by atoms with E-state index in [1.165, 1.54) is 10.3 Å². The summed E-state index contributed by atoms with van der Waals surface area (Å²) in [6.45, 7) is 2.26. The lowest BCUT2D eigenvalue weighted by Crippen LogP contribution is -2.40. The van der Waals surface area contributed by atoms with E-state index in [4.69, 9.17) is 4.74 Å². The summed E-state index contributed by atoms with van der Waals surface area (Å²) in [7, 11) is 1.76. The van der Waals surface area contributed by atoms with Crippen LogP contribution >= 0.6 is 0 Å². The molecule has 0 N–H and O–H groups in total. The van der Waals surface area contributed by atoms with E-state index < -0.39 is 6.09 Å². The van der Waals surface area contributed by atoms with Gasteiger partial charge in [-0.05, 0) is 17.5 Å². The lowest BCUT2D eigenvalue weighted by atomic mass is 10.2. The SMILES string of the molecule is CN(CCn1ccc2ccccc21)C(=O)CN1CCOC1=O. The third-order valence-electron chi connectivity index (χ3n) is 3.95. The van der Waals surface area contributed by atoms with Crippen LogP contribution in [-0.2, 0) is 16.1 Å². The molecule has 0 aliphatic carbocycles. The van der Waals surface area contributed by atoms with Gasteiger partial charge in [0.05, 0.1) is 6.54 Å². The zero-order chi connectivity index (χ0) is 15.5. The molecule has 0 spiro atoms. The van der Waals surface area contributed by atoms with Gasteiger partial charge in [0.25, 0.3) is 0 Å². The molecule has 6 nitrogen and oxygen atoms in total. The minimum atomic E-state index is -0.404. The molecule has 1 aromatic heterocycles. The highest BCUT2D eigenvalue weighted by molar-refractivity contribution is 5.83. The van der Waals surface area contributed by atoms with Gasteiger partial charge in [-0.1, -0.05) is 18.2 Å². The van der Waals surface area contributed by atoms with Crippen LogP contribution in [-0.4, -0.2) is 59.7 Å². The molecule has 1 fully saturated rings. The van der Waals surface area contributed by atoms with E-state index in [1.54, 1.807) is 11.9 Å². The molecule has 0 saturated carbocycles. The Morgan fingerprint density at radius 3 is 2.91 bits per heavy atom. The number of nitrogens with zero attached hydrogens (tertiary/aromatic N) is 3. The molecule has 0 atom stereocenters. The summed E-state index contributed by atoms with van der Waals surface area (Å²) in [5.74, 6) is -0.0738. The van der Waals surface area contributed by atoms with Gasteiger partial charge in [-0.25, -0.2) is 4.79 Å². The van der Waals surface area contributed by atoms with Crippen LogP contribution in [0.25, 0.3) is 10.9 Å². The van der Waals surface area contributed by atoms with Crippen LogP contribution in [0.1, 0.15) is 0 Å². The predicted octanol–water partition coefficient (Wildman–Crippen LogP) is 1.55. The highest BCUT2D eigenvalue weighted by atomic mass is 16.6. The van der Waals surface area contributed by atoms with Gasteiger partial charge in [-0.3, -0.25) is 9.69 Å². The third-order valence-corrected chi connectivity index (χ3v) is 3.95. The van der Waals surface area contributed by atoms with Crippen molar-refractivity contribution in [1.29, 1.82) is 0 Å². The Kier molecular flexibility index (Phi) is 4.00. The van der Waals surface area contributed by atoms with Gasteiger partial charge in [0.2, 0.25) is 5.91 Å². The van der Waals surface area contributed by atoms with Gasteiger partial charge >= 0.3 is 6.09 Å². The Morgan fingerprint density at radius 1 is 1.32 bits per heavy atom. The van der Waals surface area contributed by atoms with E-state index in [0.29, 0.717) is 19.7 Å². The van der Waals surface area contributed by atoms with E-state index in [-0.39, 0.29) is 12.5 Å². The first-order valence-electron chi connectivity index (χ1n) is 7.35. The van der Waals surface area contributed by atoms with Crippen LogP contribution in [0.5, 0.6) is 0 Å². The number of fused-ring (bicyclic) bond motifs is 1. The number of aromatic nitrogens is 1. The van der Waals surface area contributed by atoms with Crippen molar-refractivity contribution in [2.45, 2.75) is 6.54 Å². The molecular formula is C16H19N3O3. The molecular weight excluding hydrogens is 282 g/mol. The maximum atomic E-state index is 12.1. The number of carbonyl (C=O) groups excluding carboxylic acids is 2. The van der Waals surface area contributed by atoms with Crippen LogP contribution < -0.4 is 0 Å². The lowest BCUT2D eigenvalue weighted by Gasteiger charge is -2.20. The summed E-state index contributed by atoms with van der Waals surface area (Å²) in [4.78, 5) is 26.6. The van der Waals surface area contributed by atoms with Crippen molar-refractivity contribution in [2.24, 2.45) is 0 Å². The number of likely N-dealkylation sites (N-methyl/N-ethyl adjacent to an activating group) is 1. The fourth-order valence-corrected chi connectivity index (χ4v) is 2.57. The second-order valence-electron chi connectivity index (χ2n) is 5.42. The van der Waals surface area contributed by atoms with Crippen molar-refractivity contribution < 1.29 is 14.3 Å². The molecule has 1 aliphatic rings. The summed E-state index contributed by atoms with van der Waals surface area (Å²) in [5, 5.41) is 1.19. The molecule has 1 aromatic carbocycles. The number of hydrogen-bond donors (Lipinski definition) is 0. The maximum absolute atomic E-state index is 12.1. The van der Waals surface area contributed by atoms with Crippen LogP contribution in [0.4, 0.5) is 4.79 Å².